The lowest BCUT2D eigenvalue weighted by Crippen LogP contribution is -2.30. The van der Waals surface area contributed by atoms with Crippen LogP contribution in [0, 0.1) is 6.92 Å². The molecule has 1 amide bonds. The molecule has 1 unspecified atom stereocenters. The average Bonchev–Trinajstić information content (AvgIpc) is 3.35. The van der Waals surface area contributed by atoms with E-state index >= 15 is 0 Å². The highest BCUT2D eigenvalue weighted by molar-refractivity contribution is 8.00. The number of fused-ring (bicyclic) bond motifs is 1. The van der Waals surface area contributed by atoms with Gasteiger partial charge in [0.05, 0.1) is 10.9 Å². The molecule has 1 aliphatic heterocycles. The fourth-order valence-corrected chi connectivity index (χ4v) is 3.89. The summed E-state index contributed by atoms with van der Waals surface area (Å²) < 4.78 is 12.7. The van der Waals surface area contributed by atoms with Crippen molar-refractivity contribution in [3.8, 4) is 17.2 Å². The van der Waals surface area contributed by atoms with Crippen molar-refractivity contribution >= 4 is 17.7 Å². The maximum Gasteiger partial charge on any atom is 0.233 e. The SMILES string of the molecule is Cc1ccccc1-n1ccnc1SC(C)C(=O)NCc1ccc2c(c1)OCO2. The van der Waals surface area contributed by atoms with Gasteiger partial charge >= 0.3 is 0 Å². The Kier molecular flexibility index (Phi) is 5.25. The molecule has 28 heavy (non-hydrogen) atoms. The summed E-state index contributed by atoms with van der Waals surface area (Å²) in [7, 11) is 0. The Hall–Kier alpha value is -2.93. The first-order valence-electron chi connectivity index (χ1n) is 9.04. The first kappa shape index (κ1) is 18.4. The van der Waals surface area contributed by atoms with Crippen molar-refractivity contribution in [1.82, 2.24) is 14.9 Å². The number of thioether (sulfide) groups is 1. The van der Waals surface area contributed by atoms with Crippen LogP contribution in [0.25, 0.3) is 5.69 Å². The number of hydrogen-bond donors (Lipinski definition) is 1. The Balaban J connectivity index is 1.39. The van der Waals surface area contributed by atoms with Crippen LogP contribution in [-0.2, 0) is 11.3 Å². The maximum absolute atomic E-state index is 12.6. The minimum absolute atomic E-state index is 0.0398. The number of nitrogens with one attached hydrogen (secondary N) is 1. The second-order valence-electron chi connectivity index (χ2n) is 6.53. The second kappa shape index (κ2) is 7.98. The van der Waals surface area contributed by atoms with Gasteiger partial charge in [0.25, 0.3) is 0 Å². The third-order valence-corrected chi connectivity index (χ3v) is 5.62. The van der Waals surface area contributed by atoms with Crippen LogP contribution >= 0.6 is 11.8 Å². The molecule has 1 atom stereocenters. The maximum atomic E-state index is 12.6. The molecule has 2 heterocycles. The number of carbonyl (C=O) groups is 1. The van der Waals surface area contributed by atoms with Gasteiger partial charge in [-0.1, -0.05) is 36.0 Å². The Bertz CT molecular complexity index is 1000. The molecule has 7 heteroatoms. The number of imidazole rings is 1. The largest absolute Gasteiger partial charge is 0.454 e. The van der Waals surface area contributed by atoms with Gasteiger partial charge in [-0.15, -0.1) is 0 Å². The van der Waals surface area contributed by atoms with Crippen molar-refractivity contribution in [2.24, 2.45) is 0 Å². The van der Waals surface area contributed by atoms with E-state index in [9.17, 15) is 4.79 Å². The zero-order valence-electron chi connectivity index (χ0n) is 15.7. The van der Waals surface area contributed by atoms with Crippen LogP contribution in [0.5, 0.6) is 11.5 Å². The number of aryl methyl sites for hydroxylation is 1. The Morgan fingerprint density at radius 3 is 2.93 bits per heavy atom. The minimum Gasteiger partial charge on any atom is -0.454 e. The summed E-state index contributed by atoms with van der Waals surface area (Å²) in [6.45, 7) is 4.63. The lowest BCUT2D eigenvalue weighted by atomic mass is 10.2. The van der Waals surface area contributed by atoms with Gasteiger partial charge in [-0.05, 0) is 43.2 Å². The van der Waals surface area contributed by atoms with E-state index < -0.39 is 0 Å². The number of para-hydroxylation sites is 1. The lowest BCUT2D eigenvalue weighted by Gasteiger charge is -2.14. The van der Waals surface area contributed by atoms with Gasteiger partial charge < -0.3 is 14.8 Å². The van der Waals surface area contributed by atoms with Crippen molar-refractivity contribution in [3.63, 3.8) is 0 Å². The predicted molar refractivity (Wildman–Crippen MR) is 108 cm³/mol. The summed E-state index contributed by atoms with van der Waals surface area (Å²) in [6.07, 6.45) is 3.67. The fourth-order valence-electron chi connectivity index (χ4n) is 2.99. The molecule has 6 nitrogen and oxygen atoms in total. The minimum atomic E-state index is -0.279. The monoisotopic (exact) mass is 395 g/mol. The van der Waals surface area contributed by atoms with Crippen LogP contribution in [-0.4, -0.2) is 27.5 Å². The third-order valence-electron chi connectivity index (χ3n) is 4.54. The molecule has 0 radical (unpaired) electrons. The number of hydrogen-bond acceptors (Lipinski definition) is 5. The zero-order chi connectivity index (χ0) is 19.5. The van der Waals surface area contributed by atoms with E-state index in [1.807, 2.05) is 54.1 Å². The molecular weight excluding hydrogens is 374 g/mol. The number of nitrogens with zero attached hydrogens (tertiary/aromatic N) is 2. The molecule has 1 aromatic heterocycles. The molecule has 0 spiro atoms. The zero-order valence-corrected chi connectivity index (χ0v) is 16.5. The van der Waals surface area contributed by atoms with Crippen molar-refractivity contribution in [1.29, 1.82) is 0 Å². The third kappa shape index (κ3) is 3.84. The van der Waals surface area contributed by atoms with Crippen LogP contribution < -0.4 is 14.8 Å². The summed E-state index contributed by atoms with van der Waals surface area (Å²) in [6, 6.07) is 13.8. The normalized spacial score (nSPS) is 13.4. The van der Waals surface area contributed by atoms with Crippen LogP contribution in [0.3, 0.4) is 0 Å². The molecule has 0 saturated carbocycles. The highest BCUT2D eigenvalue weighted by Crippen LogP contribution is 2.32. The Morgan fingerprint density at radius 2 is 2.07 bits per heavy atom. The quantitative estimate of drug-likeness (QED) is 0.645. The first-order valence-corrected chi connectivity index (χ1v) is 9.92. The van der Waals surface area contributed by atoms with E-state index in [1.54, 1.807) is 6.20 Å². The van der Waals surface area contributed by atoms with E-state index in [-0.39, 0.29) is 18.0 Å². The Labute approximate surface area is 167 Å². The number of aromatic nitrogens is 2. The average molecular weight is 395 g/mol. The van der Waals surface area contributed by atoms with Gasteiger partial charge in [0.1, 0.15) is 0 Å². The molecule has 0 saturated heterocycles. The summed E-state index contributed by atoms with van der Waals surface area (Å²) in [5, 5.41) is 3.49. The van der Waals surface area contributed by atoms with Crippen LogP contribution in [0.2, 0.25) is 0 Å². The topological polar surface area (TPSA) is 65.4 Å². The summed E-state index contributed by atoms with van der Waals surface area (Å²) in [4.78, 5) is 17.0. The van der Waals surface area contributed by atoms with E-state index in [2.05, 4.69) is 23.3 Å². The second-order valence-corrected chi connectivity index (χ2v) is 7.84. The first-order chi connectivity index (χ1) is 13.6. The summed E-state index contributed by atoms with van der Waals surface area (Å²) in [5.74, 6) is 1.42. The molecule has 0 bridgehead atoms. The van der Waals surface area contributed by atoms with Crippen molar-refractivity contribution < 1.29 is 14.3 Å². The molecule has 2 aromatic carbocycles. The van der Waals surface area contributed by atoms with Gasteiger partial charge in [0.2, 0.25) is 12.7 Å². The number of rotatable bonds is 6. The smallest absolute Gasteiger partial charge is 0.233 e. The van der Waals surface area contributed by atoms with Gasteiger partial charge in [-0.3, -0.25) is 9.36 Å². The van der Waals surface area contributed by atoms with E-state index in [0.29, 0.717) is 6.54 Å². The lowest BCUT2D eigenvalue weighted by molar-refractivity contribution is -0.120. The molecular formula is C21H21N3O3S. The number of amides is 1. The van der Waals surface area contributed by atoms with Gasteiger partial charge in [0, 0.05) is 18.9 Å². The number of benzene rings is 2. The molecule has 0 aliphatic carbocycles. The highest BCUT2D eigenvalue weighted by atomic mass is 32.2. The van der Waals surface area contributed by atoms with E-state index in [1.165, 1.54) is 11.8 Å². The molecule has 3 aromatic rings. The van der Waals surface area contributed by atoms with E-state index in [0.717, 1.165) is 33.5 Å². The molecule has 0 fully saturated rings. The molecule has 144 valence electrons. The van der Waals surface area contributed by atoms with Crippen LogP contribution in [0.4, 0.5) is 0 Å². The van der Waals surface area contributed by atoms with Gasteiger partial charge in [-0.25, -0.2) is 4.98 Å². The van der Waals surface area contributed by atoms with E-state index in [4.69, 9.17) is 9.47 Å². The standard InChI is InChI=1S/C21H21N3O3S/c1-14-5-3-4-6-17(14)24-10-9-22-21(24)28-15(2)20(25)23-12-16-7-8-18-19(11-16)27-13-26-18/h3-11,15H,12-13H2,1-2H3,(H,23,25). The van der Waals surface area contributed by atoms with Crippen molar-refractivity contribution in [2.45, 2.75) is 30.8 Å². The number of ether oxygens (including phenoxy) is 2. The van der Waals surface area contributed by atoms with Crippen molar-refractivity contribution in [2.75, 3.05) is 6.79 Å². The van der Waals surface area contributed by atoms with Crippen molar-refractivity contribution in [3.05, 3.63) is 66.0 Å². The fraction of sp³-hybridized carbons (Fsp3) is 0.238. The summed E-state index contributed by atoms with van der Waals surface area (Å²) >= 11 is 1.44. The predicted octanol–water partition coefficient (Wildman–Crippen LogP) is 3.71. The Morgan fingerprint density at radius 1 is 1.25 bits per heavy atom. The summed E-state index contributed by atoms with van der Waals surface area (Å²) in [5.41, 5.74) is 3.19. The molecule has 1 aliphatic rings. The highest BCUT2D eigenvalue weighted by Gasteiger charge is 2.19. The van der Waals surface area contributed by atoms with Gasteiger partial charge in [0.15, 0.2) is 16.7 Å². The molecule has 1 N–H and O–H groups in total. The van der Waals surface area contributed by atoms with Crippen LogP contribution in [0.1, 0.15) is 18.1 Å². The molecule has 4 rings (SSSR count). The van der Waals surface area contributed by atoms with Crippen LogP contribution in [0.15, 0.2) is 60.0 Å². The number of carbonyl (C=O) groups excluding carboxylic acids is 1. The van der Waals surface area contributed by atoms with Gasteiger partial charge in [-0.2, -0.15) is 0 Å².